The van der Waals surface area contributed by atoms with Crippen molar-refractivity contribution in [3.63, 3.8) is 0 Å². The third-order valence-corrected chi connectivity index (χ3v) is 9.63. The van der Waals surface area contributed by atoms with E-state index < -0.39 is 34.8 Å². The Balaban J connectivity index is 1.37. The van der Waals surface area contributed by atoms with E-state index >= 15 is 0 Å². The molecule has 0 unspecified atom stereocenters. The molecule has 1 aliphatic rings. The van der Waals surface area contributed by atoms with Gasteiger partial charge in [0.25, 0.3) is 11.5 Å². The van der Waals surface area contributed by atoms with Gasteiger partial charge in [0.05, 0.1) is 25.7 Å². The van der Waals surface area contributed by atoms with E-state index in [4.69, 9.17) is 9.47 Å². The number of amides is 2. The van der Waals surface area contributed by atoms with Crippen molar-refractivity contribution in [3.8, 4) is 0 Å². The van der Waals surface area contributed by atoms with Crippen LogP contribution in [-0.2, 0) is 33.9 Å². The van der Waals surface area contributed by atoms with E-state index in [1.165, 1.54) is 10.6 Å². The second-order valence-electron chi connectivity index (χ2n) is 15.0. The van der Waals surface area contributed by atoms with Crippen LogP contribution in [0.5, 0.6) is 0 Å². The molecule has 5 rings (SSSR count). The molecular weight excluding hydrogens is 732 g/mol. The number of piperazine rings is 1. The largest absolute Gasteiger partial charge is 0.466 e. The number of benzene rings is 3. The highest BCUT2D eigenvalue weighted by molar-refractivity contribution is 5.94. The molecule has 0 bridgehead atoms. The fourth-order valence-electron chi connectivity index (χ4n) is 6.82. The van der Waals surface area contributed by atoms with Gasteiger partial charge in [0, 0.05) is 62.5 Å². The molecule has 4 aromatic rings. The summed E-state index contributed by atoms with van der Waals surface area (Å²) in [6.45, 7) is 11.8. The first-order valence-electron chi connectivity index (χ1n) is 19.4. The van der Waals surface area contributed by atoms with E-state index in [1.807, 2.05) is 29.2 Å². The Morgan fingerprint density at radius 3 is 2.26 bits per heavy atom. The van der Waals surface area contributed by atoms with Crippen LogP contribution in [-0.4, -0.2) is 76.9 Å². The van der Waals surface area contributed by atoms with E-state index in [0.717, 1.165) is 10.1 Å². The van der Waals surface area contributed by atoms with E-state index in [-0.39, 0.29) is 31.4 Å². The fourth-order valence-corrected chi connectivity index (χ4v) is 6.82. The van der Waals surface area contributed by atoms with Gasteiger partial charge in [0.1, 0.15) is 17.1 Å². The van der Waals surface area contributed by atoms with Crippen LogP contribution in [0.25, 0.3) is 0 Å². The van der Waals surface area contributed by atoms with Crippen LogP contribution in [0, 0.1) is 12.7 Å². The number of anilines is 1. The summed E-state index contributed by atoms with van der Waals surface area (Å²) in [6, 6.07) is 21.9. The number of hydrogen-bond acceptors (Lipinski definition) is 9. The number of nitrogens with one attached hydrogen (secondary N) is 2. The lowest BCUT2D eigenvalue weighted by Gasteiger charge is -2.37. The molecular formula is C43H53FN6O7. The molecule has 14 heteroatoms. The van der Waals surface area contributed by atoms with E-state index in [9.17, 15) is 28.4 Å². The van der Waals surface area contributed by atoms with Gasteiger partial charge in [0.2, 0.25) is 0 Å². The van der Waals surface area contributed by atoms with Gasteiger partial charge in [-0.15, -0.1) is 0 Å². The van der Waals surface area contributed by atoms with Crippen molar-refractivity contribution in [2.24, 2.45) is 0 Å². The first-order valence-corrected chi connectivity index (χ1v) is 19.4. The van der Waals surface area contributed by atoms with Crippen molar-refractivity contribution in [1.82, 2.24) is 24.7 Å². The minimum absolute atomic E-state index is 0.102. The van der Waals surface area contributed by atoms with E-state index in [1.54, 1.807) is 83.1 Å². The number of alkyl carbamates (subject to hydrolysis) is 1. The maximum absolute atomic E-state index is 15.0. The maximum atomic E-state index is 15.0. The van der Waals surface area contributed by atoms with Gasteiger partial charge in [-0.25, -0.2) is 14.0 Å². The predicted molar refractivity (Wildman–Crippen MR) is 216 cm³/mol. The number of hydrogen-bond donors (Lipinski definition) is 2. The molecule has 1 fully saturated rings. The Morgan fingerprint density at radius 1 is 0.877 bits per heavy atom. The number of carbonyl (C=O) groups is 3. The minimum atomic E-state index is -0.803. The van der Waals surface area contributed by atoms with Crippen molar-refractivity contribution in [2.75, 3.05) is 44.2 Å². The highest BCUT2D eigenvalue weighted by Gasteiger charge is 2.28. The number of rotatable bonds is 15. The summed E-state index contributed by atoms with van der Waals surface area (Å²) in [7, 11) is 0. The normalized spacial score (nSPS) is 13.8. The number of ether oxygens (including phenoxy) is 2. The SMILES string of the molecule is CCOC(=O)CCCNC(=O)c1cccc(CN2CCN(c3c(C)n(Cc4ccccc4F)c(=O)n(C[C@H](NC(=O)OC(C)(C)C)c4ccccc4)c3=O)CC2)c1. The fraction of sp³-hybridized carbons (Fsp3) is 0.419. The molecule has 0 aliphatic carbocycles. The molecule has 2 heterocycles. The van der Waals surface area contributed by atoms with Crippen LogP contribution >= 0.6 is 0 Å². The lowest BCUT2D eigenvalue weighted by Crippen LogP contribution is -2.51. The quantitative estimate of drug-likeness (QED) is 0.123. The molecule has 1 saturated heterocycles. The monoisotopic (exact) mass is 784 g/mol. The maximum Gasteiger partial charge on any atom is 0.408 e. The van der Waals surface area contributed by atoms with E-state index in [2.05, 4.69) is 15.5 Å². The molecule has 304 valence electrons. The van der Waals surface area contributed by atoms with Gasteiger partial charge in [-0.3, -0.25) is 28.4 Å². The average molecular weight is 785 g/mol. The molecule has 0 radical (unpaired) electrons. The van der Waals surface area contributed by atoms with Crippen LogP contribution in [0.2, 0.25) is 0 Å². The number of esters is 1. The molecule has 1 aliphatic heterocycles. The highest BCUT2D eigenvalue weighted by atomic mass is 19.1. The number of aromatic nitrogens is 2. The third-order valence-electron chi connectivity index (χ3n) is 9.63. The van der Waals surface area contributed by atoms with Crippen LogP contribution in [0.4, 0.5) is 14.9 Å². The van der Waals surface area contributed by atoms with E-state index in [0.29, 0.717) is 80.4 Å². The first kappa shape index (κ1) is 42.4. The molecule has 13 nitrogen and oxygen atoms in total. The zero-order valence-corrected chi connectivity index (χ0v) is 33.4. The average Bonchev–Trinajstić information content (AvgIpc) is 3.17. The van der Waals surface area contributed by atoms with Crippen LogP contribution < -0.4 is 26.8 Å². The zero-order chi connectivity index (χ0) is 41.1. The predicted octanol–water partition coefficient (Wildman–Crippen LogP) is 5.17. The summed E-state index contributed by atoms with van der Waals surface area (Å²) in [6.07, 6.45) is 0.0208. The Labute approximate surface area is 332 Å². The molecule has 57 heavy (non-hydrogen) atoms. The molecule has 2 amide bonds. The number of halogens is 1. The molecule has 0 saturated carbocycles. The summed E-state index contributed by atoms with van der Waals surface area (Å²) >= 11 is 0. The van der Waals surface area contributed by atoms with Crippen molar-refractivity contribution in [1.29, 1.82) is 0 Å². The van der Waals surface area contributed by atoms with Crippen molar-refractivity contribution < 1.29 is 28.2 Å². The van der Waals surface area contributed by atoms with Crippen LogP contribution in [0.1, 0.15) is 79.3 Å². The minimum Gasteiger partial charge on any atom is -0.466 e. The van der Waals surface area contributed by atoms with Gasteiger partial charge in [-0.1, -0.05) is 60.7 Å². The van der Waals surface area contributed by atoms with Crippen molar-refractivity contribution >= 4 is 23.7 Å². The molecule has 0 spiro atoms. The van der Waals surface area contributed by atoms with Gasteiger partial charge < -0.3 is 25.0 Å². The van der Waals surface area contributed by atoms with Gasteiger partial charge in [-0.05, 0) is 70.4 Å². The Kier molecular flexibility index (Phi) is 14.4. The summed E-state index contributed by atoms with van der Waals surface area (Å²) in [5.74, 6) is -0.984. The van der Waals surface area contributed by atoms with Crippen LogP contribution in [0.3, 0.4) is 0 Å². The molecule has 1 atom stereocenters. The van der Waals surface area contributed by atoms with Crippen molar-refractivity contribution in [3.05, 3.63) is 133 Å². The Morgan fingerprint density at radius 2 is 1.58 bits per heavy atom. The highest BCUT2D eigenvalue weighted by Crippen LogP contribution is 2.21. The second kappa shape index (κ2) is 19.4. The van der Waals surface area contributed by atoms with Gasteiger partial charge in [-0.2, -0.15) is 0 Å². The Bertz CT molecular complexity index is 2140. The summed E-state index contributed by atoms with van der Waals surface area (Å²) in [4.78, 5) is 70.5. The molecule has 3 aromatic carbocycles. The smallest absolute Gasteiger partial charge is 0.408 e. The van der Waals surface area contributed by atoms with Crippen LogP contribution in [0.15, 0.2) is 88.5 Å². The first-order chi connectivity index (χ1) is 27.2. The van der Waals surface area contributed by atoms with Gasteiger partial charge >= 0.3 is 17.8 Å². The summed E-state index contributed by atoms with van der Waals surface area (Å²) in [5.41, 5.74) is 1.26. The Hall–Kier alpha value is -5.76. The number of nitrogens with zero attached hydrogens (tertiary/aromatic N) is 4. The van der Waals surface area contributed by atoms with Gasteiger partial charge in [0.15, 0.2) is 0 Å². The second-order valence-corrected chi connectivity index (χ2v) is 15.0. The standard InChI is InChI=1S/C43H53FN6O7/c1-6-56-37(51)20-13-21-45-39(52)33-18-12-14-31(26-33)27-47-22-24-48(25-23-47)38-30(2)49(28-34-17-10-11-19-35(34)44)42(55)50(40(38)53)29-36(32-15-8-7-9-16-32)46-41(54)57-43(3,4)5/h7-12,14-19,26,36H,6,13,20-25,27-29H2,1-5H3,(H,45,52)(H,46,54)/t36-/m0/s1. The van der Waals surface area contributed by atoms with Crippen molar-refractivity contribution in [2.45, 2.75) is 78.7 Å². The molecule has 1 aromatic heterocycles. The lowest BCUT2D eigenvalue weighted by atomic mass is 10.1. The molecule has 2 N–H and O–H groups in total. The topological polar surface area (TPSA) is 144 Å². The zero-order valence-electron chi connectivity index (χ0n) is 33.4. The summed E-state index contributed by atoms with van der Waals surface area (Å²) in [5, 5.41) is 5.72. The lowest BCUT2D eigenvalue weighted by molar-refractivity contribution is -0.143. The summed E-state index contributed by atoms with van der Waals surface area (Å²) < 4.78 is 28.0. The number of carbonyl (C=O) groups excluding carboxylic acids is 3. The third kappa shape index (κ3) is 11.6.